The van der Waals surface area contributed by atoms with Crippen molar-refractivity contribution in [2.45, 2.75) is 64.8 Å². The molecule has 0 saturated heterocycles. The number of rotatable bonds is 14. The minimum Gasteiger partial charge on any atom is -0.493 e. The molecule has 1 amide bonds. The number of nitrogens with one attached hydrogen (secondary N) is 1. The van der Waals surface area contributed by atoms with Crippen molar-refractivity contribution < 1.29 is 14.3 Å². The molecule has 174 valence electrons. The summed E-state index contributed by atoms with van der Waals surface area (Å²) >= 11 is 0. The lowest BCUT2D eigenvalue weighted by Crippen LogP contribution is -2.30. The van der Waals surface area contributed by atoms with Crippen LogP contribution in [0.3, 0.4) is 0 Å². The predicted octanol–water partition coefficient (Wildman–Crippen LogP) is 5.91. The van der Waals surface area contributed by atoms with Gasteiger partial charge in [0.15, 0.2) is 11.5 Å². The third kappa shape index (κ3) is 8.74. The maximum atomic E-state index is 12.3. The molecule has 1 atom stereocenters. The van der Waals surface area contributed by atoms with Crippen molar-refractivity contribution in [1.82, 2.24) is 5.32 Å². The average Bonchev–Trinajstić information content (AvgIpc) is 3.31. The lowest BCUT2D eigenvalue weighted by atomic mass is 9.98. The highest BCUT2D eigenvalue weighted by Gasteiger charge is 2.09. The van der Waals surface area contributed by atoms with Crippen LogP contribution in [-0.4, -0.2) is 38.9 Å². The van der Waals surface area contributed by atoms with Crippen molar-refractivity contribution in [2.75, 3.05) is 20.8 Å². The highest BCUT2D eigenvalue weighted by atomic mass is 16.5. The zero-order valence-electron chi connectivity index (χ0n) is 20.0. The molecule has 0 aliphatic carbocycles. The van der Waals surface area contributed by atoms with Gasteiger partial charge in [-0.3, -0.25) is 9.79 Å². The molecule has 32 heavy (non-hydrogen) atoms. The van der Waals surface area contributed by atoms with Crippen LogP contribution >= 0.6 is 0 Å². The van der Waals surface area contributed by atoms with Crippen molar-refractivity contribution in [3.05, 3.63) is 53.6 Å². The Bertz CT molecular complexity index is 852. The van der Waals surface area contributed by atoms with E-state index in [0.29, 0.717) is 11.5 Å². The normalized spacial score (nSPS) is 14.5. The van der Waals surface area contributed by atoms with Gasteiger partial charge in [-0.15, -0.1) is 0 Å². The van der Waals surface area contributed by atoms with Crippen molar-refractivity contribution >= 4 is 17.7 Å². The highest BCUT2D eigenvalue weighted by molar-refractivity contribution is 5.88. The molecule has 0 bridgehead atoms. The summed E-state index contributed by atoms with van der Waals surface area (Å²) in [6.45, 7) is 5.08. The number of amides is 1. The van der Waals surface area contributed by atoms with E-state index >= 15 is 0 Å². The molecular formula is C27H38N2O3. The van der Waals surface area contributed by atoms with Crippen LogP contribution in [0, 0.1) is 0 Å². The Hall–Kier alpha value is -2.82. The van der Waals surface area contributed by atoms with Crippen molar-refractivity contribution in [2.24, 2.45) is 4.99 Å². The van der Waals surface area contributed by atoms with Gasteiger partial charge in [0.1, 0.15) is 0 Å². The first-order chi connectivity index (χ1) is 15.6. The molecule has 1 aliphatic heterocycles. The van der Waals surface area contributed by atoms with E-state index in [1.54, 1.807) is 20.3 Å². The number of ether oxygens (including phenoxy) is 2. The van der Waals surface area contributed by atoms with Gasteiger partial charge in [-0.25, -0.2) is 0 Å². The molecule has 0 radical (unpaired) electrons. The Kier molecular flexibility index (Phi) is 11.4. The minimum atomic E-state index is -0.0580. The fraction of sp³-hybridized carbons (Fsp3) is 0.481. The summed E-state index contributed by atoms with van der Waals surface area (Å²) in [6, 6.07) is 6.11. The molecule has 1 heterocycles. The van der Waals surface area contributed by atoms with E-state index in [-0.39, 0.29) is 11.9 Å². The number of carbonyl (C=O) groups is 1. The molecule has 1 aromatic carbocycles. The molecule has 2 rings (SSSR count). The third-order valence-corrected chi connectivity index (χ3v) is 5.58. The topological polar surface area (TPSA) is 59.9 Å². The summed E-state index contributed by atoms with van der Waals surface area (Å²) in [4.78, 5) is 16.5. The number of methoxy groups -OCH3 is 2. The van der Waals surface area contributed by atoms with Crippen molar-refractivity contribution in [1.29, 1.82) is 0 Å². The second kappa shape index (κ2) is 14.3. The molecule has 0 saturated carbocycles. The van der Waals surface area contributed by atoms with Crippen LogP contribution in [-0.2, 0) is 4.79 Å². The summed E-state index contributed by atoms with van der Waals surface area (Å²) in [5.41, 5.74) is 3.64. The van der Waals surface area contributed by atoms with Crippen LogP contribution in [0.2, 0.25) is 0 Å². The lowest BCUT2D eigenvalue weighted by Gasteiger charge is -2.13. The number of allylic oxidation sites excluding steroid dienone is 4. The first-order valence-electron chi connectivity index (χ1n) is 11.6. The minimum absolute atomic E-state index is 0.0580. The van der Waals surface area contributed by atoms with Gasteiger partial charge in [0.25, 0.3) is 0 Å². The molecule has 1 N–H and O–H groups in total. The molecule has 0 spiro atoms. The summed E-state index contributed by atoms with van der Waals surface area (Å²) in [7, 11) is 3.28. The molecule has 1 aromatic rings. The second-order valence-corrected chi connectivity index (χ2v) is 8.19. The number of aliphatic imine (C=N–C) groups is 1. The zero-order valence-corrected chi connectivity index (χ0v) is 20.0. The third-order valence-electron chi connectivity index (χ3n) is 5.58. The van der Waals surface area contributed by atoms with Gasteiger partial charge in [0.2, 0.25) is 5.91 Å². The van der Waals surface area contributed by atoms with E-state index in [2.05, 4.69) is 30.2 Å². The van der Waals surface area contributed by atoms with Crippen molar-refractivity contribution in [3.63, 3.8) is 0 Å². The van der Waals surface area contributed by atoms with Gasteiger partial charge in [-0.2, -0.15) is 0 Å². The van der Waals surface area contributed by atoms with Crippen LogP contribution in [0.1, 0.15) is 64.4 Å². The Morgan fingerprint density at radius 2 is 2.00 bits per heavy atom. The van der Waals surface area contributed by atoms with E-state index in [1.165, 1.54) is 24.0 Å². The summed E-state index contributed by atoms with van der Waals surface area (Å²) in [6.07, 6.45) is 16.9. The Labute approximate surface area is 193 Å². The highest BCUT2D eigenvalue weighted by Crippen LogP contribution is 2.32. The molecule has 5 nitrogen and oxygen atoms in total. The maximum Gasteiger partial charge on any atom is 0.244 e. The smallest absolute Gasteiger partial charge is 0.244 e. The molecule has 0 aromatic heterocycles. The summed E-state index contributed by atoms with van der Waals surface area (Å²) < 4.78 is 10.8. The van der Waals surface area contributed by atoms with E-state index in [1.807, 2.05) is 36.6 Å². The largest absolute Gasteiger partial charge is 0.493 e. The van der Waals surface area contributed by atoms with Crippen LogP contribution in [0.5, 0.6) is 11.5 Å². The van der Waals surface area contributed by atoms with Crippen LogP contribution in [0.4, 0.5) is 0 Å². The average molecular weight is 439 g/mol. The monoisotopic (exact) mass is 438 g/mol. The number of benzene rings is 1. The van der Waals surface area contributed by atoms with E-state index in [4.69, 9.17) is 9.47 Å². The Morgan fingerprint density at radius 3 is 2.69 bits per heavy atom. The standard InChI is InChI=1S/C27H38N2O3/c1-5-6-7-12-23(24-15-16-25(31-3)26(19-24)32-4)13-9-14-27(30)29-21(2)10-8-11-22-17-18-28-20-22/h9,13-19,21H,5-8,10-12,20H2,1-4H3,(H,29,30)/b14-9+,23-13+/t21-/m1/s1. The van der Waals surface area contributed by atoms with E-state index < -0.39 is 0 Å². The quantitative estimate of drug-likeness (QED) is 0.223. The maximum absolute atomic E-state index is 12.3. The second-order valence-electron chi connectivity index (χ2n) is 8.19. The predicted molar refractivity (Wildman–Crippen MR) is 134 cm³/mol. The number of unbranched alkanes of at least 4 members (excludes halogenated alkanes) is 2. The number of carbonyl (C=O) groups excluding carboxylic acids is 1. The fourth-order valence-corrected chi connectivity index (χ4v) is 3.72. The lowest BCUT2D eigenvalue weighted by molar-refractivity contribution is -0.117. The Balaban J connectivity index is 1.94. The van der Waals surface area contributed by atoms with Gasteiger partial charge < -0.3 is 14.8 Å². The summed E-state index contributed by atoms with van der Waals surface area (Å²) in [5.74, 6) is 1.36. The first kappa shape index (κ1) is 25.4. The van der Waals surface area contributed by atoms with Crippen molar-refractivity contribution in [3.8, 4) is 11.5 Å². The van der Waals surface area contributed by atoms with E-state index in [0.717, 1.165) is 44.2 Å². The first-order valence-corrected chi connectivity index (χ1v) is 11.6. The molecule has 5 heteroatoms. The molecule has 0 unspecified atom stereocenters. The van der Waals surface area contributed by atoms with Gasteiger partial charge in [-0.05, 0) is 73.9 Å². The SMILES string of the molecule is CCCCC/C(=C\C=C\C(=O)N[C@H](C)CCCC1=CC=NC1)c1ccc(OC)c(OC)c1. The van der Waals surface area contributed by atoms with Crippen LogP contribution in [0.15, 0.2) is 53.1 Å². The number of hydrogen-bond donors (Lipinski definition) is 1. The number of nitrogens with zero attached hydrogens (tertiary/aromatic N) is 1. The molecule has 0 fully saturated rings. The van der Waals surface area contributed by atoms with Gasteiger partial charge in [0.05, 0.1) is 20.8 Å². The van der Waals surface area contributed by atoms with Crippen LogP contribution in [0.25, 0.3) is 5.57 Å². The zero-order chi connectivity index (χ0) is 23.2. The van der Waals surface area contributed by atoms with Gasteiger partial charge >= 0.3 is 0 Å². The van der Waals surface area contributed by atoms with Crippen LogP contribution < -0.4 is 14.8 Å². The van der Waals surface area contributed by atoms with Gasteiger partial charge in [0, 0.05) is 18.3 Å². The van der Waals surface area contributed by atoms with E-state index in [9.17, 15) is 4.79 Å². The molecule has 1 aliphatic rings. The molecular weight excluding hydrogens is 400 g/mol. The Morgan fingerprint density at radius 1 is 1.19 bits per heavy atom. The number of hydrogen-bond acceptors (Lipinski definition) is 4. The van der Waals surface area contributed by atoms with Gasteiger partial charge in [-0.1, -0.05) is 38.0 Å². The fourth-order valence-electron chi connectivity index (χ4n) is 3.72. The summed E-state index contributed by atoms with van der Waals surface area (Å²) in [5, 5.41) is 3.06.